The summed E-state index contributed by atoms with van der Waals surface area (Å²) in [5, 5.41) is 0.406. The van der Waals surface area contributed by atoms with Gasteiger partial charge in [-0.3, -0.25) is 4.79 Å². The summed E-state index contributed by atoms with van der Waals surface area (Å²) >= 11 is 3.13. The first-order valence-electron chi connectivity index (χ1n) is 10.5. The van der Waals surface area contributed by atoms with Gasteiger partial charge >= 0.3 is 5.97 Å². The quantitative estimate of drug-likeness (QED) is 0.158. The van der Waals surface area contributed by atoms with Crippen LogP contribution in [-0.4, -0.2) is 17.5 Å². The monoisotopic (exact) mass is 482 g/mol. The number of benzene rings is 2. The molecule has 0 bridgehead atoms. The molecule has 0 fully saturated rings. The molecule has 0 radical (unpaired) electrons. The Morgan fingerprint density at radius 1 is 0.933 bits per heavy atom. The van der Waals surface area contributed by atoms with E-state index in [4.69, 9.17) is 9.47 Å². The van der Waals surface area contributed by atoms with Gasteiger partial charge in [0.15, 0.2) is 0 Å². The molecule has 2 rings (SSSR count). The average Bonchev–Trinajstić information content (AvgIpc) is 2.76. The number of ether oxygens (including phenoxy) is 2. The van der Waals surface area contributed by atoms with Crippen LogP contribution in [0, 0.1) is 5.82 Å². The third-order valence-corrected chi connectivity index (χ3v) is 5.40. The van der Waals surface area contributed by atoms with Crippen LogP contribution in [0.1, 0.15) is 56.9 Å². The van der Waals surface area contributed by atoms with Crippen LogP contribution >= 0.6 is 15.9 Å². The number of hydrogen-bond acceptors (Lipinski definition) is 3. The van der Waals surface area contributed by atoms with Crippen molar-refractivity contribution in [1.82, 2.24) is 0 Å². The Balaban J connectivity index is 1.63. The molecule has 0 aliphatic heterocycles. The van der Waals surface area contributed by atoms with E-state index in [9.17, 15) is 13.6 Å². The Kier molecular flexibility index (Phi) is 11.5. The van der Waals surface area contributed by atoms with Crippen molar-refractivity contribution in [3.8, 4) is 11.5 Å². The molecule has 0 N–H and O–H groups in total. The molecule has 0 spiro atoms. The SMILES string of the molecule is O=C(CCCCCCCC[C@H](F)CBr)OCc1cc(Oc2ccccc2)ccc1F. The molecular weight excluding hydrogens is 454 g/mol. The third kappa shape index (κ3) is 9.70. The number of unbranched alkanes of at least 4 members (excludes halogenated alkanes) is 5. The van der Waals surface area contributed by atoms with Crippen LogP contribution in [0.15, 0.2) is 48.5 Å². The lowest BCUT2D eigenvalue weighted by Crippen LogP contribution is -2.05. The molecule has 0 aliphatic rings. The summed E-state index contributed by atoms with van der Waals surface area (Å²) in [5.41, 5.74) is 0.284. The van der Waals surface area contributed by atoms with Gasteiger partial charge in [-0.15, -0.1) is 0 Å². The molecule has 0 saturated heterocycles. The molecule has 0 unspecified atom stereocenters. The predicted molar refractivity (Wildman–Crippen MR) is 118 cm³/mol. The molecule has 3 nitrogen and oxygen atoms in total. The Labute approximate surface area is 185 Å². The number of carbonyl (C=O) groups excluding carboxylic acids is 1. The van der Waals surface area contributed by atoms with E-state index >= 15 is 0 Å². The van der Waals surface area contributed by atoms with E-state index in [-0.39, 0.29) is 18.1 Å². The smallest absolute Gasteiger partial charge is 0.306 e. The number of para-hydroxylation sites is 1. The maximum absolute atomic E-state index is 14.0. The zero-order valence-corrected chi connectivity index (χ0v) is 18.7. The van der Waals surface area contributed by atoms with E-state index in [0.717, 1.165) is 38.5 Å². The maximum Gasteiger partial charge on any atom is 0.306 e. The minimum atomic E-state index is -0.754. The summed E-state index contributed by atoms with van der Waals surface area (Å²) in [6, 6.07) is 13.6. The summed E-state index contributed by atoms with van der Waals surface area (Å²) in [6.07, 6.45) is 5.81. The average molecular weight is 483 g/mol. The fourth-order valence-electron chi connectivity index (χ4n) is 3.00. The van der Waals surface area contributed by atoms with E-state index in [0.29, 0.717) is 29.7 Å². The van der Waals surface area contributed by atoms with Gasteiger partial charge in [0.2, 0.25) is 0 Å². The van der Waals surface area contributed by atoms with E-state index in [1.54, 1.807) is 12.1 Å². The van der Waals surface area contributed by atoms with Crippen molar-refractivity contribution in [2.45, 2.75) is 64.1 Å². The highest BCUT2D eigenvalue weighted by atomic mass is 79.9. The van der Waals surface area contributed by atoms with Crippen molar-refractivity contribution in [3.63, 3.8) is 0 Å². The van der Waals surface area contributed by atoms with Crippen LogP contribution in [0.3, 0.4) is 0 Å². The van der Waals surface area contributed by atoms with Crippen molar-refractivity contribution in [2.24, 2.45) is 0 Å². The Morgan fingerprint density at radius 2 is 1.63 bits per heavy atom. The molecule has 1 atom stereocenters. The largest absolute Gasteiger partial charge is 0.461 e. The van der Waals surface area contributed by atoms with Crippen molar-refractivity contribution >= 4 is 21.9 Å². The molecule has 0 amide bonds. The van der Waals surface area contributed by atoms with Gasteiger partial charge in [-0.1, -0.05) is 66.2 Å². The first-order chi connectivity index (χ1) is 14.6. The van der Waals surface area contributed by atoms with Crippen LogP contribution < -0.4 is 4.74 Å². The fourth-order valence-corrected chi connectivity index (χ4v) is 3.32. The lowest BCUT2D eigenvalue weighted by Gasteiger charge is -2.10. The molecular formula is C24H29BrF2O3. The fraction of sp³-hybridized carbons (Fsp3) is 0.458. The summed E-state index contributed by atoms with van der Waals surface area (Å²) in [6.45, 7) is -0.116. The van der Waals surface area contributed by atoms with Gasteiger partial charge in [-0.05, 0) is 43.2 Å². The van der Waals surface area contributed by atoms with Gasteiger partial charge in [-0.25, -0.2) is 8.78 Å². The molecule has 2 aromatic rings. The van der Waals surface area contributed by atoms with E-state index in [2.05, 4.69) is 15.9 Å². The van der Waals surface area contributed by atoms with Crippen molar-refractivity contribution < 1.29 is 23.0 Å². The molecule has 0 aliphatic carbocycles. The van der Waals surface area contributed by atoms with Crippen molar-refractivity contribution in [1.29, 1.82) is 0 Å². The summed E-state index contributed by atoms with van der Waals surface area (Å²) in [5.74, 6) is 0.378. The summed E-state index contributed by atoms with van der Waals surface area (Å²) in [4.78, 5) is 11.9. The van der Waals surface area contributed by atoms with E-state index in [1.807, 2.05) is 30.3 Å². The standard InChI is InChI=1S/C24H29BrF2O3/c25-17-20(26)10-6-3-1-2-4-9-13-24(28)29-18-19-16-22(14-15-23(19)27)30-21-11-7-5-8-12-21/h5,7-8,11-12,14-16,20H,1-4,6,9-10,13,17-18H2/t20-/m0/s1. The topological polar surface area (TPSA) is 35.5 Å². The zero-order valence-electron chi connectivity index (χ0n) is 17.1. The van der Waals surface area contributed by atoms with Crippen LogP contribution in [0.5, 0.6) is 11.5 Å². The minimum Gasteiger partial charge on any atom is -0.461 e. The van der Waals surface area contributed by atoms with Crippen LogP contribution in [0.4, 0.5) is 8.78 Å². The van der Waals surface area contributed by atoms with E-state index in [1.165, 1.54) is 6.07 Å². The van der Waals surface area contributed by atoms with Crippen LogP contribution in [-0.2, 0) is 16.1 Å². The maximum atomic E-state index is 14.0. The van der Waals surface area contributed by atoms with Crippen molar-refractivity contribution in [2.75, 3.05) is 5.33 Å². The highest BCUT2D eigenvalue weighted by molar-refractivity contribution is 9.09. The predicted octanol–water partition coefficient (Wildman–Crippen LogP) is 7.52. The second kappa shape index (κ2) is 14.1. The molecule has 0 saturated carbocycles. The zero-order chi connectivity index (χ0) is 21.6. The number of carbonyl (C=O) groups is 1. The number of esters is 1. The first-order valence-corrected chi connectivity index (χ1v) is 11.6. The Bertz CT molecular complexity index is 755. The van der Waals surface area contributed by atoms with E-state index < -0.39 is 12.0 Å². The molecule has 6 heteroatoms. The highest BCUT2D eigenvalue weighted by Crippen LogP contribution is 2.24. The lowest BCUT2D eigenvalue weighted by atomic mass is 10.1. The third-order valence-electron chi connectivity index (χ3n) is 4.70. The second-order valence-electron chi connectivity index (χ2n) is 7.24. The Hall–Kier alpha value is -1.95. The number of alkyl halides is 2. The second-order valence-corrected chi connectivity index (χ2v) is 7.89. The molecule has 0 aromatic heterocycles. The van der Waals surface area contributed by atoms with Gasteiger partial charge in [-0.2, -0.15) is 0 Å². The van der Waals surface area contributed by atoms with Gasteiger partial charge in [0.25, 0.3) is 0 Å². The normalized spacial score (nSPS) is 11.8. The van der Waals surface area contributed by atoms with Crippen LogP contribution in [0.25, 0.3) is 0 Å². The van der Waals surface area contributed by atoms with Gasteiger partial charge in [0.1, 0.15) is 30.1 Å². The first kappa shape index (κ1) is 24.3. The van der Waals surface area contributed by atoms with Gasteiger partial charge in [0.05, 0.1) is 0 Å². The minimum absolute atomic E-state index is 0.116. The number of hydrogen-bond donors (Lipinski definition) is 0. The molecule has 2 aromatic carbocycles. The highest BCUT2D eigenvalue weighted by Gasteiger charge is 2.09. The summed E-state index contributed by atoms with van der Waals surface area (Å²) in [7, 11) is 0. The number of rotatable bonds is 14. The molecule has 164 valence electrons. The van der Waals surface area contributed by atoms with Crippen LogP contribution in [0.2, 0.25) is 0 Å². The van der Waals surface area contributed by atoms with Crippen molar-refractivity contribution in [3.05, 3.63) is 59.9 Å². The van der Waals surface area contributed by atoms with Gasteiger partial charge < -0.3 is 9.47 Å². The van der Waals surface area contributed by atoms with Gasteiger partial charge in [0, 0.05) is 17.3 Å². The number of halogens is 3. The Morgan fingerprint density at radius 3 is 2.37 bits per heavy atom. The lowest BCUT2D eigenvalue weighted by molar-refractivity contribution is -0.145. The molecule has 0 heterocycles. The molecule has 30 heavy (non-hydrogen) atoms. The summed E-state index contributed by atoms with van der Waals surface area (Å²) < 4.78 is 38.0.